The maximum absolute atomic E-state index is 6.21. The summed E-state index contributed by atoms with van der Waals surface area (Å²) < 4.78 is 0. The van der Waals surface area contributed by atoms with Crippen LogP contribution in [0.25, 0.3) is 0 Å². The summed E-state index contributed by atoms with van der Waals surface area (Å²) in [5.74, 6) is 0.605. The minimum atomic E-state index is 0.368. The highest BCUT2D eigenvalue weighted by Crippen LogP contribution is 2.37. The molecule has 0 bridgehead atoms. The number of benzene rings is 1. The predicted octanol–water partition coefficient (Wildman–Crippen LogP) is 3.56. The van der Waals surface area contributed by atoms with Crippen molar-refractivity contribution in [1.82, 2.24) is 0 Å². The van der Waals surface area contributed by atoms with Crippen LogP contribution in [-0.2, 0) is 0 Å². The van der Waals surface area contributed by atoms with Gasteiger partial charge in [-0.25, -0.2) is 0 Å². The Bertz CT molecular complexity index is 242. The Morgan fingerprint density at radius 2 is 1.83 bits per heavy atom. The van der Waals surface area contributed by atoms with Crippen LogP contribution in [-0.4, -0.2) is 5.38 Å². The highest BCUT2D eigenvalue weighted by molar-refractivity contribution is 6.21. The Labute approximate surface area is 78.6 Å². The summed E-state index contributed by atoms with van der Waals surface area (Å²) in [6.45, 7) is 0. The fourth-order valence-corrected chi connectivity index (χ4v) is 2.42. The second kappa shape index (κ2) is 3.49. The molecule has 0 N–H and O–H groups in total. The van der Waals surface area contributed by atoms with Gasteiger partial charge in [0.25, 0.3) is 0 Å². The second-order valence-corrected chi connectivity index (χ2v) is 4.02. The van der Waals surface area contributed by atoms with Gasteiger partial charge in [0.2, 0.25) is 0 Å². The van der Waals surface area contributed by atoms with Gasteiger partial charge in [0, 0.05) is 11.3 Å². The molecule has 0 aliphatic heterocycles. The van der Waals surface area contributed by atoms with Crippen LogP contribution in [0.5, 0.6) is 0 Å². The minimum Gasteiger partial charge on any atom is -0.122 e. The molecule has 0 aromatic heterocycles. The van der Waals surface area contributed by atoms with Crippen molar-refractivity contribution in [3.05, 3.63) is 35.9 Å². The van der Waals surface area contributed by atoms with E-state index in [1.165, 1.54) is 24.8 Å². The van der Waals surface area contributed by atoms with Crippen molar-refractivity contribution in [1.29, 1.82) is 0 Å². The summed E-state index contributed by atoms with van der Waals surface area (Å²) in [6.07, 6.45) is 3.73. The molecule has 2 unspecified atom stereocenters. The van der Waals surface area contributed by atoms with Crippen LogP contribution < -0.4 is 0 Å². The molecule has 0 nitrogen and oxygen atoms in total. The van der Waals surface area contributed by atoms with Crippen LogP contribution in [0.2, 0.25) is 0 Å². The molecular weight excluding hydrogens is 168 g/mol. The van der Waals surface area contributed by atoms with Gasteiger partial charge < -0.3 is 0 Å². The maximum atomic E-state index is 6.21. The molecule has 0 heterocycles. The number of hydrogen-bond acceptors (Lipinski definition) is 0. The zero-order valence-electron chi connectivity index (χ0n) is 7.04. The fraction of sp³-hybridized carbons (Fsp3) is 0.455. The van der Waals surface area contributed by atoms with Gasteiger partial charge >= 0.3 is 0 Å². The van der Waals surface area contributed by atoms with E-state index in [4.69, 9.17) is 11.6 Å². The third-order valence-corrected chi connectivity index (χ3v) is 3.18. The molecule has 1 fully saturated rings. The summed E-state index contributed by atoms with van der Waals surface area (Å²) in [5.41, 5.74) is 1.41. The maximum Gasteiger partial charge on any atom is 0.0404 e. The van der Waals surface area contributed by atoms with Gasteiger partial charge in [0.15, 0.2) is 0 Å². The lowest BCUT2D eigenvalue weighted by Gasteiger charge is -2.13. The van der Waals surface area contributed by atoms with E-state index in [-0.39, 0.29) is 0 Å². The average Bonchev–Trinajstić information content (AvgIpc) is 2.53. The lowest BCUT2D eigenvalue weighted by atomic mass is 9.98. The SMILES string of the molecule is ClC1CCCC1c1ccccc1. The quantitative estimate of drug-likeness (QED) is 0.580. The summed E-state index contributed by atoms with van der Waals surface area (Å²) in [5, 5.41) is 0.368. The van der Waals surface area contributed by atoms with E-state index in [9.17, 15) is 0 Å². The summed E-state index contributed by atoms with van der Waals surface area (Å²) in [6, 6.07) is 10.6. The van der Waals surface area contributed by atoms with Gasteiger partial charge in [0.1, 0.15) is 0 Å². The first-order valence-corrected chi connectivity index (χ1v) is 5.00. The number of alkyl halides is 1. The Morgan fingerprint density at radius 3 is 2.42 bits per heavy atom. The zero-order chi connectivity index (χ0) is 8.39. The van der Waals surface area contributed by atoms with Crippen molar-refractivity contribution in [2.45, 2.75) is 30.6 Å². The summed E-state index contributed by atoms with van der Waals surface area (Å²) >= 11 is 6.21. The number of rotatable bonds is 1. The van der Waals surface area contributed by atoms with Crippen LogP contribution in [0.15, 0.2) is 30.3 Å². The van der Waals surface area contributed by atoms with Crippen LogP contribution in [0.4, 0.5) is 0 Å². The van der Waals surface area contributed by atoms with Crippen molar-refractivity contribution < 1.29 is 0 Å². The Kier molecular flexibility index (Phi) is 2.36. The zero-order valence-corrected chi connectivity index (χ0v) is 7.80. The third-order valence-electron chi connectivity index (χ3n) is 2.66. The lowest BCUT2D eigenvalue weighted by molar-refractivity contribution is 0.730. The van der Waals surface area contributed by atoms with Gasteiger partial charge in [-0.1, -0.05) is 36.8 Å². The molecule has 0 radical (unpaired) electrons. The third kappa shape index (κ3) is 1.49. The monoisotopic (exact) mass is 180 g/mol. The van der Waals surface area contributed by atoms with Gasteiger partial charge in [0.05, 0.1) is 0 Å². The average molecular weight is 181 g/mol. The molecule has 0 saturated heterocycles. The number of halogens is 1. The van der Waals surface area contributed by atoms with Crippen LogP contribution in [0.3, 0.4) is 0 Å². The van der Waals surface area contributed by atoms with E-state index in [0.29, 0.717) is 11.3 Å². The fourth-order valence-electron chi connectivity index (χ4n) is 1.99. The van der Waals surface area contributed by atoms with Gasteiger partial charge in [-0.3, -0.25) is 0 Å². The summed E-state index contributed by atoms with van der Waals surface area (Å²) in [4.78, 5) is 0. The normalized spacial score (nSPS) is 29.1. The summed E-state index contributed by atoms with van der Waals surface area (Å²) in [7, 11) is 0. The van der Waals surface area contributed by atoms with Gasteiger partial charge in [-0.2, -0.15) is 0 Å². The highest BCUT2D eigenvalue weighted by atomic mass is 35.5. The van der Waals surface area contributed by atoms with Crippen LogP contribution >= 0.6 is 11.6 Å². The first-order valence-electron chi connectivity index (χ1n) is 4.57. The van der Waals surface area contributed by atoms with E-state index in [2.05, 4.69) is 30.3 Å². The second-order valence-electron chi connectivity index (χ2n) is 3.46. The molecule has 1 aromatic carbocycles. The molecule has 1 saturated carbocycles. The van der Waals surface area contributed by atoms with Crippen molar-refractivity contribution in [3.8, 4) is 0 Å². The molecule has 1 aromatic rings. The van der Waals surface area contributed by atoms with E-state index in [1.807, 2.05) is 0 Å². The van der Waals surface area contributed by atoms with Crippen molar-refractivity contribution in [2.75, 3.05) is 0 Å². The molecule has 2 rings (SSSR count). The van der Waals surface area contributed by atoms with Crippen molar-refractivity contribution in [3.63, 3.8) is 0 Å². The molecule has 0 spiro atoms. The van der Waals surface area contributed by atoms with Gasteiger partial charge in [-0.15, -0.1) is 11.6 Å². The Morgan fingerprint density at radius 1 is 1.08 bits per heavy atom. The minimum absolute atomic E-state index is 0.368. The molecule has 1 heteroatoms. The smallest absolute Gasteiger partial charge is 0.0404 e. The highest BCUT2D eigenvalue weighted by Gasteiger charge is 2.26. The topological polar surface area (TPSA) is 0 Å². The van der Waals surface area contributed by atoms with Crippen LogP contribution in [0.1, 0.15) is 30.7 Å². The molecule has 2 atom stereocenters. The van der Waals surface area contributed by atoms with E-state index < -0.39 is 0 Å². The Hall–Kier alpha value is -0.490. The molecule has 64 valence electrons. The first-order chi connectivity index (χ1) is 5.88. The predicted molar refractivity (Wildman–Crippen MR) is 52.7 cm³/mol. The molecule has 0 amide bonds. The lowest BCUT2D eigenvalue weighted by Crippen LogP contribution is -2.04. The molecule has 12 heavy (non-hydrogen) atoms. The molecule has 1 aliphatic rings. The number of hydrogen-bond donors (Lipinski definition) is 0. The van der Waals surface area contributed by atoms with E-state index in [1.54, 1.807) is 0 Å². The first kappa shape index (κ1) is 8.12. The van der Waals surface area contributed by atoms with E-state index >= 15 is 0 Å². The van der Waals surface area contributed by atoms with Crippen molar-refractivity contribution >= 4 is 11.6 Å². The largest absolute Gasteiger partial charge is 0.122 e. The van der Waals surface area contributed by atoms with Crippen LogP contribution in [0, 0.1) is 0 Å². The van der Waals surface area contributed by atoms with Crippen molar-refractivity contribution in [2.24, 2.45) is 0 Å². The Balaban J connectivity index is 2.19. The molecule has 1 aliphatic carbocycles. The van der Waals surface area contributed by atoms with Gasteiger partial charge in [-0.05, 0) is 18.4 Å². The molecular formula is C11H13Cl. The van der Waals surface area contributed by atoms with E-state index in [0.717, 1.165) is 0 Å². The standard InChI is InChI=1S/C11H13Cl/c12-11-8-4-7-10(11)9-5-2-1-3-6-9/h1-3,5-6,10-11H,4,7-8H2.